The lowest BCUT2D eigenvalue weighted by Crippen LogP contribution is -2.22. The van der Waals surface area contributed by atoms with E-state index in [-0.39, 0.29) is 11.8 Å². The fraction of sp³-hybridized carbons (Fsp3) is 0.304. The van der Waals surface area contributed by atoms with Crippen LogP contribution in [0.1, 0.15) is 25.7 Å². The summed E-state index contributed by atoms with van der Waals surface area (Å²) in [5.74, 6) is 0.157. The monoisotopic (exact) mass is 357 g/mol. The number of hydrogen-bond acceptors (Lipinski definition) is 3. The molecule has 0 aromatic heterocycles. The molecule has 1 atom stereocenters. The zero-order valence-corrected chi connectivity index (χ0v) is 15.3. The van der Waals surface area contributed by atoms with Gasteiger partial charge < -0.3 is 10.2 Å². The molecule has 1 aromatic rings. The molecular formula is C23H23N3O. The van der Waals surface area contributed by atoms with E-state index in [2.05, 4.69) is 40.6 Å². The van der Waals surface area contributed by atoms with Gasteiger partial charge in [-0.05, 0) is 55.0 Å². The van der Waals surface area contributed by atoms with E-state index in [0.717, 1.165) is 43.0 Å². The molecule has 1 amide bonds. The Kier molecular flexibility index (Phi) is 4.04. The summed E-state index contributed by atoms with van der Waals surface area (Å²) < 4.78 is 0. The highest BCUT2D eigenvalue weighted by molar-refractivity contribution is 6.20. The topological polar surface area (TPSA) is 44.7 Å². The maximum Gasteiger partial charge on any atom is 0.274 e. The predicted molar refractivity (Wildman–Crippen MR) is 110 cm³/mol. The van der Waals surface area contributed by atoms with Crippen molar-refractivity contribution >= 4 is 23.0 Å². The zero-order chi connectivity index (χ0) is 18.2. The third-order valence-electron chi connectivity index (χ3n) is 5.60. The Balaban J connectivity index is 1.38. The van der Waals surface area contributed by atoms with E-state index in [1.54, 1.807) is 0 Å². The van der Waals surface area contributed by atoms with Crippen LogP contribution in [0.3, 0.4) is 0 Å². The highest BCUT2D eigenvalue weighted by atomic mass is 16.2. The van der Waals surface area contributed by atoms with Crippen LogP contribution in [0.2, 0.25) is 0 Å². The number of amides is 1. The average molecular weight is 357 g/mol. The van der Waals surface area contributed by atoms with Gasteiger partial charge in [-0.15, -0.1) is 0 Å². The molecule has 4 nitrogen and oxygen atoms in total. The average Bonchev–Trinajstić information content (AvgIpc) is 3.30. The normalized spacial score (nSPS) is 23.1. The van der Waals surface area contributed by atoms with Gasteiger partial charge in [0.1, 0.15) is 5.70 Å². The molecule has 2 aliphatic heterocycles. The Hall–Kier alpha value is -2.88. The smallest absolute Gasteiger partial charge is 0.274 e. The maximum atomic E-state index is 13.0. The number of fused-ring (bicyclic) bond motifs is 1. The molecule has 1 saturated heterocycles. The van der Waals surface area contributed by atoms with Crippen LogP contribution in [0, 0.1) is 5.92 Å². The largest absolute Gasteiger partial charge is 0.370 e. The third-order valence-corrected chi connectivity index (χ3v) is 5.60. The van der Waals surface area contributed by atoms with Crippen LogP contribution in [0.25, 0.3) is 0 Å². The van der Waals surface area contributed by atoms with Gasteiger partial charge in [-0.25, -0.2) is 4.99 Å². The highest BCUT2D eigenvalue weighted by Crippen LogP contribution is 2.40. The van der Waals surface area contributed by atoms with Gasteiger partial charge in [-0.3, -0.25) is 4.79 Å². The van der Waals surface area contributed by atoms with Gasteiger partial charge in [0.2, 0.25) is 0 Å². The number of carbonyl (C=O) groups excluding carboxylic acids is 1. The fourth-order valence-electron chi connectivity index (χ4n) is 4.10. The van der Waals surface area contributed by atoms with Crippen LogP contribution in [0.5, 0.6) is 0 Å². The van der Waals surface area contributed by atoms with E-state index < -0.39 is 0 Å². The molecule has 1 unspecified atom stereocenters. The number of para-hydroxylation sites is 2. The molecule has 2 heterocycles. The second-order valence-electron chi connectivity index (χ2n) is 7.48. The lowest BCUT2D eigenvalue weighted by molar-refractivity contribution is -0.112. The van der Waals surface area contributed by atoms with E-state index in [0.29, 0.717) is 5.70 Å². The molecule has 0 bridgehead atoms. The first kappa shape index (κ1) is 16.3. The number of allylic oxidation sites excluding steroid dienone is 7. The predicted octanol–water partition coefficient (Wildman–Crippen LogP) is 4.40. The van der Waals surface area contributed by atoms with Gasteiger partial charge in [0, 0.05) is 19.0 Å². The van der Waals surface area contributed by atoms with Gasteiger partial charge in [0.15, 0.2) is 0 Å². The molecule has 27 heavy (non-hydrogen) atoms. The van der Waals surface area contributed by atoms with Crippen molar-refractivity contribution in [2.45, 2.75) is 25.7 Å². The van der Waals surface area contributed by atoms with E-state index >= 15 is 0 Å². The number of rotatable bonds is 4. The Bertz CT molecular complexity index is 942. The first-order chi connectivity index (χ1) is 13.3. The van der Waals surface area contributed by atoms with E-state index in [1.807, 2.05) is 24.3 Å². The Labute approximate surface area is 159 Å². The summed E-state index contributed by atoms with van der Waals surface area (Å²) in [5, 5.41) is 3.11. The van der Waals surface area contributed by atoms with Crippen molar-refractivity contribution in [1.29, 1.82) is 0 Å². The van der Waals surface area contributed by atoms with Gasteiger partial charge in [-0.1, -0.05) is 36.4 Å². The molecule has 0 spiro atoms. The van der Waals surface area contributed by atoms with E-state index in [4.69, 9.17) is 4.99 Å². The van der Waals surface area contributed by atoms with Crippen LogP contribution in [-0.2, 0) is 4.79 Å². The summed E-state index contributed by atoms with van der Waals surface area (Å²) in [6.07, 6.45) is 15.0. The van der Waals surface area contributed by atoms with Gasteiger partial charge in [-0.2, -0.15) is 0 Å². The molecule has 1 aromatic carbocycles. The summed E-state index contributed by atoms with van der Waals surface area (Å²) in [6, 6.07) is 8.07. The molecule has 5 rings (SSSR count). The molecule has 4 aliphatic rings. The third kappa shape index (κ3) is 3.16. The number of nitrogens with one attached hydrogen (secondary N) is 1. The van der Waals surface area contributed by atoms with Crippen molar-refractivity contribution in [2.75, 3.05) is 23.3 Å². The zero-order valence-electron chi connectivity index (χ0n) is 15.3. The summed E-state index contributed by atoms with van der Waals surface area (Å²) in [5.41, 5.74) is 6.02. The first-order valence-corrected chi connectivity index (χ1v) is 9.83. The van der Waals surface area contributed by atoms with Crippen molar-refractivity contribution in [2.24, 2.45) is 10.9 Å². The van der Waals surface area contributed by atoms with Gasteiger partial charge >= 0.3 is 0 Å². The summed E-state index contributed by atoms with van der Waals surface area (Å²) in [7, 11) is 0. The quantitative estimate of drug-likeness (QED) is 0.868. The molecule has 0 saturated carbocycles. The van der Waals surface area contributed by atoms with Crippen LogP contribution < -0.4 is 10.2 Å². The Morgan fingerprint density at radius 2 is 2.00 bits per heavy atom. The number of hydrogen-bond donors (Lipinski definition) is 1. The van der Waals surface area contributed by atoms with Crippen molar-refractivity contribution in [3.8, 4) is 0 Å². The van der Waals surface area contributed by atoms with Crippen molar-refractivity contribution < 1.29 is 4.79 Å². The Morgan fingerprint density at radius 3 is 2.81 bits per heavy atom. The number of nitrogens with zero attached hydrogens (tertiary/aromatic N) is 2. The van der Waals surface area contributed by atoms with E-state index in [1.165, 1.54) is 24.0 Å². The van der Waals surface area contributed by atoms with Crippen molar-refractivity contribution in [3.63, 3.8) is 0 Å². The molecule has 0 radical (unpaired) electrons. The Morgan fingerprint density at radius 1 is 1.15 bits per heavy atom. The molecular weight excluding hydrogens is 334 g/mol. The van der Waals surface area contributed by atoms with Crippen LogP contribution in [0.4, 0.5) is 11.4 Å². The fourth-order valence-corrected chi connectivity index (χ4v) is 4.10. The van der Waals surface area contributed by atoms with Crippen molar-refractivity contribution in [3.05, 3.63) is 71.5 Å². The second-order valence-corrected chi connectivity index (χ2v) is 7.48. The summed E-state index contributed by atoms with van der Waals surface area (Å²) in [4.78, 5) is 20.0. The lowest BCUT2D eigenvalue weighted by atomic mass is 9.96. The first-order valence-electron chi connectivity index (χ1n) is 9.83. The maximum absolute atomic E-state index is 13.0. The molecule has 1 fully saturated rings. The molecule has 1 N–H and O–H groups in total. The van der Waals surface area contributed by atoms with Crippen LogP contribution in [-0.4, -0.2) is 24.7 Å². The minimum absolute atomic E-state index is 0.120. The van der Waals surface area contributed by atoms with Crippen LogP contribution in [0.15, 0.2) is 76.5 Å². The number of anilines is 2. The minimum atomic E-state index is -0.120. The number of benzene rings is 1. The highest BCUT2D eigenvalue weighted by Gasteiger charge is 2.34. The number of carbonyl (C=O) groups is 1. The van der Waals surface area contributed by atoms with Gasteiger partial charge in [0.05, 0.1) is 17.1 Å². The van der Waals surface area contributed by atoms with E-state index in [9.17, 15) is 4.79 Å². The summed E-state index contributed by atoms with van der Waals surface area (Å²) >= 11 is 0. The standard InChI is InChI=1S/C23H23N3O/c27-23(25-19-10-4-5-11-21(19)26-12-6-7-13-26)20-15-17-14-18(17)22(24-20)16-8-2-1-3-9-16/h1-2,4-5,8,10-11,14-15,17H,3,6-7,9,12-13H2,(H,25,27). The van der Waals surface area contributed by atoms with Crippen molar-refractivity contribution in [1.82, 2.24) is 0 Å². The molecule has 4 heteroatoms. The summed E-state index contributed by atoms with van der Waals surface area (Å²) in [6.45, 7) is 2.10. The lowest BCUT2D eigenvalue weighted by Gasteiger charge is -2.22. The SMILES string of the molecule is O=C(Nc1ccccc1N1CCCC1)C1=CC2C=C2C(C2=CC=CCC2)=N1. The number of aliphatic imine (C=N–C) groups is 1. The van der Waals surface area contributed by atoms with Crippen LogP contribution >= 0.6 is 0 Å². The van der Waals surface area contributed by atoms with Gasteiger partial charge in [0.25, 0.3) is 5.91 Å². The minimum Gasteiger partial charge on any atom is -0.370 e. The second kappa shape index (κ2) is 6.69. The molecule has 136 valence electrons. The molecule has 2 aliphatic carbocycles.